The number of carbonyl (C=O) groups excluding carboxylic acids is 1. The molecular weight excluding hydrogens is 450 g/mol. The smallest absolute Gasteiger partial charge is 0.344 e. The number of amides is 1. The number of benzene rings is 2. The normalized spacial score (nSPS) is 15.7. The summed E-state index contributed by atoms with van der Waals surface area (Å²) in [5, 5.41) is 9.27. The van der Waals surface area contributed by atoms with Crippen molar-refractivity contribution in [3.05, 3.63) is 52.9 Å². The van der Waals surface area contributed by atoms with Crippen molar-refractivity contribution in [1.82, 2.24) is 0 Å². The fourth-order valence-corrected chi connectivity index (χ4v) is 4.37. The van der Waals surface area contributed by atoms with Crippen molar-refractivity contribution in [3.63, 3.8) is 0 Å². The first-order valence-corrected chi connectivity index (χ1v) is 11.2. The number of carboxylic acid groups (broad SMARTS) is 1. The van der Waals surface area contributed by atoms with Crippen LogP contribution < -0.4 is 19.1 Å². The van der Waals surface area contributed by atoms with E-state index in [4.69, 9.17) is 26.4 Å². The SMILES string of the molecule is CCOc1cc(/C=C2/SC(=S)N(c3ccccc3OC)C2=O)ccc1OC(CC)C(=O)O. The number of rotatable bonds is 9. The summed E-state index contributed by atoms with van der Waals surface area (Å²) in [7, 11) is 1.54. The Bertz CT molecular complexity index is 1070. The van der Waals surface area contributed by atoms with Gasteiger partial charge in [-0.25, -0.2) is 4.79 Å². The Kier molecular flexibility index (Phi) is 7.76. The number of hydrogen-bond donors (Lipinski definition) is 1. The Morgan fingerprint density at radius 3 is 2.59 bits per heavy atom. The lowest BCUT2D eigenvalue weighted by Crippen LogP contribution is -2.27. The van der Waals surface area contributed by atoms with Crippen LogP contribution in [0.2, 0.25) is 0 Å². The molecule has 32 heavy (non-hydrogen) atoms. The monoisotopic (exact) mass is 473 g/mol. The van der Waals surface area contributed by atoms with E-state index in [1.54, 1.807) is 50.4 Å². The molecule has 0 aromatic heterocycles. The number of carboxylic acids is 1. The Morgan fingerprint density at radius 1 is 1.19 bits per heavy atom. The highest BCUT2D eigenvalue weighted by Crippen LogP contribution is 2.40. The minimum atomic E-state index is -1.04. The van der Waals surface area contributed by atoms with E-state index in [1.165, 1.54) is 16.7 Å². The van der Waals surface area contributed by atoms with Gasteiger partial charge < -0.3 is 19.3 Å². The molecule has 0 saturated carbocycles. The van der Waals surface area contributed by atoms with Gasteiger partial charge >= 0.3 is 5.97 Å². The molecule has 0 bridgehead atoms. The molecule has 1 saturated heterocycles. The van der Waals surface area contributed by atoms with Gasteiger partial charge in [-0.3, -0.25) is 9.69 Å². The van der Waals surface area contributed by atoms with Crippen molar-refractivity contribution in [2.45, 2.75) is 26.4 Å². The van der Waals surface area contributed by atoms with Crippen LogP contribution in [0, 0.1) is 0 Å². The summed E-state index contributed by atoms with van der Waals surface area (Å²) in [6.45, 7) is 3.93. The van der Waals surface area contributed by atoms with Gasteiger partial charge in [0.15, 0.2) is 21.9 Å². The van der Waals surface area contributed by atoms with Crippen LogP contribution in [0.25, 0.3) is 6.08 Å². The number of aliphatic carboxylic acids is 1. The van der Waals surface area contributed by atoms with Crippen LogP contribution in [0.5, 0.6) is 17.2 Å². The molecule has 1 heterocycles. The highest BCUT2D eigenvalue weighted by molar-refractivity contribution is 8.27. The quantitative estimate of drug-likeness (QED) is 0.413. The molecule has 168 valence electrons. The van der Waals surface area contributed by atoms with Gasteiger partial charge in [-0.15, -0.1) is 0 Å². The third kappa shape index (κ3) is 5.05. The van der Waals surface area contributed by atoms with Crippen LogP contribution >= 0.6 is 24.0 Å². The van der Waals surface area contributed by atoms with Crippen LogP contribution in [-0.2, 0) is 9.59 Å². The zero-order valence-electron chi connectivity index (χ0n) is 17.9. The Morgan fingerprint density at radius 2 is 1.94 bits per heavy atom. The molecule has 1 unspecified atom stereocenters. The predicted molar refractivity (Wildman–Crippen MR) is 129 cm³/mol. The summed E-state index contributed by atoms with van der Waals surface area (Å²) in [5.41, 5.74) is 1.28. The Hall–Kier alpha value is -3.04. The third-order valence-corrected chi connectivity index (χ3v) is 5.90. The number of nitrogens with zero attached hydrogens (tertiary/aromatic N) is 1. The zero-order chi connectivity index (χ0) is 23.3. The van der Waals surface area contributed by atoms with Crippen LogP contribution in [-0.4, -0.2) is 41.1 Å². The van der Waals surface area contributed by atoms with Gasteiger partial charge in [0.2, 0.25) is 0 Å². The molecule has 9 heteroatoms. The number of anilines is 1. The first kappa shape index (κ1) is 23.6. The maximum atomic E-state index is 13.1. The molecule has 1 aliphatic rings. The summed E-state index contributed by atoms with van der Waals surface area (Å²) in [4.78, 5) is 26.3. The first-order valence-electron chi connectivity index (χ1n) is 9.96. The molecule has 1 N–H and O–H groups in total. The summed E-state index contributed by atoms with van der Waals surface area (Å²) < 4.78 is 17.0. The van der Waals surface area contributed by atoms with Gasteiger partial charge in [-0.2, -0.15) is 0 Å². The van der Waals surface area contributed by atoms with E-state index < -0.39 is 12.1 Å². The lowest BCUT2D eigenvalue weighted by atomic mass is 10.1. The second-order valence-electron chi connectivity index (χ2n) is 6.68. The second-order valence-corrected chi connectivity index (χ2v) is 8.36. The summed E-state index contributed by atoms with van der Waals surface area (Å²) >= 11 is 6.64. The van der Waals surface area contributed by atoms with Crippen LogP contribution in [0.15, 0.2) is 47.4 Å². The number of methoxy groups -OCH3 is 1. The molecule has 1 aliphatic heterocycles. The van der Waals surface area contributed by atoms with E-state index in [0.29, 0.717) is 50.8 Å². The topological polar surface area (TPSA) is 85.3 Å². The van der Waals surface area contributed by atoms with Gasteiger partial charge in [-0.1, -0.05) is 49.1 Å². The zero-order valence-corrected chi connectivity index (χ0v) is 19.5. The molecule has 7 nitrogen and oxygen atoms in total. The van der Waals surface area contributed by atoms with Gasteiger partial charge in [0, 0.05) is 0 Å². The fourth-order valence-electron chi connectivity index (χ4n) is 3.08. The highest BCUT2D eigenvalue weighted by atomic mass is 32.2. The maximum Gasteiger partial charge on any atom is 0.344 e. The van der Waals surface area contributed by atoms with Crippen molar-refractivity contribution >= 4 is 51.9 Å². The molecule has 3 rings (SSSR count). The van der Waals surface area contributed by atoms with E-state index in [1.807, 2.05) is 19.1 Å². The van der Waals surface area contributed by atoms with Gasteiger partial charge in [-0.05, 0) is 49.2 Å². The van der Waals surface area contributed by atoms with E-state index >= 15 is 0 Å². The summed E-state index contributed by atoms with van der Waals surface area (Å²) in [5.74, 6) is -0.00572. The number of thiocarbonyl (C=S) groups is 1. The van der Waals surface area contributed by atoms with Gasteiger partial charge in [0.05, 0.1) is 24.3 Å². The molecule has 1 amide bonds. The molecule has 0 radical (unpaired) electrons. The predicted octanol–water partition coefficient (Wildman–Crippen LogP) is 4.74. The average molecular weight is 474 g/mol. The molecule has 1 atom stereocenters. The molecule has 1 fully saturated rings. The van der Waals surface area contributed by atoms with Gasteiger partial charge in [0.25, 0.3) is 5.91 Å². The van der Waals surface area contributed by atoms with E-state index in [2.05, 4.69) is 0 Å². The Balaban J connectivity index is 1.91. The maximum absolute atomic E-state index is 13.1. The van der Waals surface area contributed by atoms with Crippen molar-refractivity contribution in [1.29, 1.82) is 0 Å². The summed E-state index contributed by atoms with van der Waals surface area (Å²) in [6, 6.07) is 12.3. The summed E-state index contributed by atoms with van der Waals surface area (Å²) in [6.07, 6.45) is 1.06. The first-order chi connectivity index (χ1) is 15.4. The number of hydrogen-bond acceptors (Lipinski definition) is 7. The Labute approximate surface area is 196 Å². The van der Waals surface area contributed by atoms with Crippen LogP contribution in [0.1, 0.15) is 25.8 Å². The molecule has 2 aromatic carbocycles. The minimum absolute atomic E-state index is 0.250. The lowest BCUT2D eigenvalue weighted by Gasteiger charge is -2.17. The third-order valence-electron chi connectivity index (χ3n) is 4.60. The number of thioether (sulfide) groups is 1. The van der Waals surface area contributed by atoms with E-state index in [0.717, 1.165) is 0 Å². The van der Waals surface area contributed by atoms with Crippen molar-refractivity contribution in [3.8, 4) is 17.2 Å². The molecular formula is C23H23NO6S2. The minimum Gasteiger partial charge on any atom is -0.495 e. The largest absolute Gasteiger partial charge is 0.495 e. The number of carbonyl (C=O) groups is 2. The number of ether oxygens (including phenoxy) is 3. The standard InChI is InChI=1S/C23H23NO6S2/c1-4-16(22(26)27)30-18-11-10-14(12-19(18)29-5-2)13-20-21(25)24(23(31)32-20)15-8-6-7-9-17(15)28-3/h6-13,16H,4-5H2,1-3H3,(H,26,27)/b20-13+. The van der Waals surface area contributed by atoms with Crippen molar-refractivity contribution in [2.75, 3.05) is 18.6 Å². The second kappa shape index (κ2) is 10.5. The molecule has 0 aliphatic carbocycles. The fraction of sp³-hybridized carbons (Fsp3) is 0.261. The van der Waals surface area contributed by atoms with Crippen molar-refractivity contribution < 1.29 is 28.9 Å². The van der Waals surface area contributed by atoms with Crippen LogP contribution in [0.3, 0.4) is 0 Å². The van der Waals surface area contributed by atoms with E-state index in [9.17, 15) is 14.7 Å². The van der Waals surface area contributed by atoms with Gasteiger partial charge in [0.1, 0.15) is 5.75 Å². The lowest BCUT2D eigenvalue weighted by molar-refractivity contribution is -0.145. The van der Waals surface area contributed by atoms with Crippen molar-refractivity contribution in [2.24, 2.45) is 0 Å². The molecule has 0 spiro atoms. The number of para-hydroxylation sites is 2. The van der Waals surface area contributed by atoms with E-state index in [-0.39, 0.29) is 5.91 Å². The molecule has 2 aromatic rings. The average Bonchev–Trinajstić information content (AvgIpc) is 3.05. The van der Waals surface area contributed by atoms with Crippen LogP contribution in [0.4, 0.5) is 5.69 Å². The highest BCUT2D eigenvalue weighted by Gasteiger charge is 2.34.